The van der Waals surface area contributed by atoms with E-state index in [0.29, 0.717) is 31.2 Å². The van der Waals surface area contributed by atoms with E-state index in [0.717, 1.165) is 5.56 Å². The Morgan fingerprint density at radius 3 is 2.68 bits per heavy atom. The Morgan fingerprint density at radius 2 is 2.05 bits per heavy atom. The van der Waals surface area contributed by atoms with E-state index >= 15 is 0 Å². The molecule has 0 fully saturated rings. The number of hydrogen-bond acceptors (Lipinski definition) is 6. The molecule has 2 aromatic rings. The fourth-order valence-corrected chi connectivity index (χ4v) is 1.81. The third kappa shape index (κ3) is 3.82. The minimum atomic E-state index is 0.241. The second-order valence-electron chi connectivity index (χ2n) is 4.43. The minimum Gasteiger partial charge on any atom is -0.472 e. The molecule has 1 heterocycles. The van der Waals surface area contributed by atoms with E-state index in [1.807, 2.05) is 30.3 Å². The van der Waals surface area contributed by atoms with E-state index in [9.17, 15) is 4.79 Å². The molecule has 2 rings (SSSR count). The summed E-state index contributed by atoms with van der Waals surface area (Å²) in [5.41, 5.74) is 1.28. The highest BCUT2D eigenvalue weighted by Gasteiger charge is 2.14. The molecule has 0 radical (unpaired) electrons. The lowest BCUT2D eigenvalue weighted by molar-refractivity contribution is 0.111. The molecule has 2 N–H and O–H groups in total. The molecule has 0 saturated carbocycles. The van der Waals surface area contributed by atoms with Crippen LogP contribution in [-0.4, -0.2) is 29.8 Å². The van der Waals surface area contributed by atoms with Gasteiger partial charge in [0.1, 0.15) is 18.0 Å². The summed E-state index contributed by atoms with van der Waals surface area (Å²) in [5.74, 6) is 1.03. The van der Waals surface area contributed by atoms with Crippen LogP contribution in [0.1, 0.15) is 15.9 Å². The molecule has 1 aromatic heterocycles. The average molecular weight is 298 g/mol. The lowest BCUT2D eigenvalue weighted by Gasteiger charge is -2.13. The minimum absolute atomic E-state index is 0.241. The van der Waals surface area contributed by atoms with Crippen molar-refractivity contribution >= 4 is 18.1 Å². The van der Waals surface area contributed by atoms with E-state index in [2.05, 4.69) is 27.2 Å². The van der Waals surface area contributed by atoms with Crippen molar-refractivity contribution in [2.75, 3.05) is 24.2 Å². The average Bonchev–Trinajstić information content (AvgIpc) is 2.58. The first-order valence-electron chi connectivity index (χ1n) is 6.85. The van der Waals surface area contributed by atoms with Gasteiger partial charge in [0, 0.05) is 13.6 Å². The van der Waals surface area contributed by atoms with Gasteiger partial charge in [0.05, 0.1) is 0 Å². The predicted molar refractivity (Wildman–Crippen MR) is 86.4 cm³/mol. The molecule has 0 bridgehead atoms. The molecule has 0 aliphatic heterocycles. The molecule has 0 atom stereocenters. The van der Waals surface area contributed by atoms with Crippen LogP contribution >= 0.6 is 0 Å². The van der Waals surface area contributed by atoms with Gasteiger partial charge in [-0.2, -0.15) is 9.97 Å². The zero-order chi connectivity index (χ0) is 15.8. The maximum absolute atomic E-state index is 11.4. The zero-order valence-corrected chi connectivity index (χ0v) is 12.4. The molecule has 0 aliphatic carbocycles. The normalized spacial score (nSPS) is 9.86. The van der Waals surface area contributed by atoms with Crippen LogP contribution in [0, 0.1) is 0 Å². The Kier molecular flexibility index (Phi) is 5.48. The molecular weight excluding hydrogens is 280 g/mol. The highest BCUT2D eigenvalue weighted by molar-refractivity contribution is 5.86. The first kappa shape index (κ1) is 15.5. The van der Waals surface area contributed by atoms with Gasteiger partial charge in [-0.15, -0.1) is 6.58 Å². The molecule has 1 aromatic carbocycles. The molecule has 0 saturated heterocycles. The van der Waals surface area contributed by atoms with E-state index in [1.165, 1.54) is 0 Å². The summed E-state index contributed by atoms with van der Waals surface area (Å²) in [5, 5.41) is 5.86. The van der Waals surface area contributed by atoms with Gasteiger partial charge >= 0.3 is 0 Å². The number of carbonyl (C=O) groups is 1. The highest BCUT2D eigenvalue weighted by atomic mass is 16.5. The van der Waals surface area contributed by atoms with Gasteiger partial charge in [-0.1, -0.05) is 36.4 Å². The quantitative estimate of drug-likeness (QED) is 0.576. The smallest absolute Gasteiger partial charge is 0.231 e. The number of rotatable bonds is 8. The van der Waals surface area contributed by atoms with E-state index in [1.54, 1.807) is 13.1 Å². The van der Waals surface area contributed by atoms with E-state index in [4.69, 9.17) is 4.74 Å². The number of ether oxygens (including phenoxy) is 1. The number of aromatic nitrogens is 2. The van der Waals surface area contributed by atoms with Crippen molar-refractivity contribution in [1.82, 2.24) is 9.97 Å². The zero-order valence-electron chi connectivity index (χ0n) is 12.4. The van der Waals surface area contributed by atoms with Crippen LogP contribution in [-0.2, 0) is 6.61 Å². The number of nitrogens with zero attached hydrogens (tertiary/aromatic N) is 2. The van der Waals surface area contributed by atoms with Gasteiger partial charge in [-0.25, -0.2) is 0 Å². The molecule has 114 valence electrons. The van der Waals surface area contributed by atoms with Gasteiger partial charge in [0.2, 0.25) is 11.8 Å². The summed E-state index contributed by atoms with van der Waals surface area (Å²) in [4.78, 5) is 19.8. The Hall–Kier alpha value is -2.89. The van der Waals surface area contributed by atoms with Crippen molar-refractivity contribution in [2.45, 2.75) is 6.61 Å². The molecule has 6 nitrogen and oxygen atoms in total. The summed E-state index contributed by atoms with van der Waals surface area (Å²) in [6.45, 7) is 4.44. The molecule has 0 amide bonds. The van der Waals surface area contributed by atoms with Crippen molar-refractivity contribution in [3.8, 4) is 5.88 Å². The number of carbonyl (C=O) groups excluding carboxylic acids is 1. The standard InChI is InChI=1S/C16H18N4O2/c1-3-9-18-14-13(10-21)15(20-16(17-2)19-14)22-11-12-7-5-4-6-8-12/h3-8,10H,1,9,11H2,2H3,(H2,17,18,19,20). The fraction of sp³-hybridized carbons (Fsp3) is 0.188. The molecule has 0 unspecified atom stereocenters. The van der Waals surface area contributed by atoms with Crippen molar-refractivity contribution < 1.29 is 9.53 Å². The SMILES string of the molecule is C=CCNc1nc(NC)nc(OCc2ccccc2)c1C=O. The van der Waals surface area contributed by atoms with E-state index in [-0.39, 0.29) is 11.4 Å². The summed E-state index contributed by atoms with van der Waals surface area (Å²) in [6, 6.07) is 9.67. The van der Waals surface area contributed by atoms with Crippen LogP contribution in [0.5, 0.6) is 5.88 Å². The number of anilines is 2. The van der Waals surface area contributed by atoms with Crippen molar-refractivity contribution in [1.29, 1.82) is 0 Å². The molecule has 6 heteroatoms. The highest BCUT2D eigenvalue weighted by Crippen LogP contribution is 2.24. The third-order valence-corrected chi connectivity index (χ3v) is 2.88. The topological polar surface area (TPSA) is 76.1 Å². The molecule has 0 aliphatic rings. The number of nitrogens with one attached hydrogen (secondary N) is 2. The fourth-order valence-electron chi connectivity index (χ4n) is 1.81. The Labute approximate surface area is 129 Å². The van der Waals surface area contributed by atoms with Crippen molar-refractivity contribution in [3.63, 3.8) is 0 Å². The maximum atomic E-state index is 11.4. The van der Waals surface area contributed by atoms with E-state index < -0.39 is 0 Å². The molecule has 0 spiro atoms. The van der Waals surface area contributed by atoms with Gasteiger partial charge in [-0.3, -0.25) is 4.79 Å². The Morgan fingerprint density at radius 1 is 1.27 bits per heavy atom. The predicted octanol–water partition coefficient (Wildman–Crippen LogP) is 2.51. The van der Waals surface area contributed by atoms with Crippen LogP contribution in [0.3, 0.4) is 0 Å². The van der Waals surface area contributed by atoms with Gasteiger partial charge in [0.15, 0.2) is 6.29 Å². The van der Waals surface area contributed by atoms with Crippen molar-refractivity contribution in [3.05, 3.63) is 54.1 Å². The Balaban J connectivity index is 2.27. The lowest BCUT2D eigenvalue weighted by atomic mass is 10.2. The number of benzene rings is 1. The summed E-state index contributed by atoms with van der Waals surface area (Å²) in [6.07, 6.45) is 2.37. The van der Waals surface area contributed by atoms with Crippen LogP contribution in [0.2, 0.25) is 0 Å². The maximum Gasteiger partial charge on any atom is 0.231 e. The largest absolute Gasteiger partial charge is 0.472 e. The van der Waals surface area contributed by atoms with Gasteiger partial charge in [-0.05, 0) is 5.56 Å². The first-order chi connectivity index (χ1) is 10.8. The monoisotopic (exact) mass is 298 g/mol. The Bertz CT molecular complexity index is 644. The number of hydrogen-bond donors (Lipinski definition) is 2. The van der Waals surface area contributed by atoms with Crippen LogP contribution in [0.25, 0.3) is 0 Å². The lowest BCUT2D eigenvalue weighted by Crippen LogP contribution is -2.10. The van der Waals surface area contributed by atoms with Gasteiger partial charge < -0.3 is 15.4 Å². The van der Waals surface area contributed by atoms with Crippen LogP contribution < -0.4 is 15.4 Å². The molecule has 22 heavy (non-hydrogen) atoms. The van der Waals surface area contributed by atoms with Crippen LogP contribution in [0.4, 0.5) is 11.8 Å². The third-order valence-electron chi connectivity index (χ3n) is 2.88. The number of aldehydes is 1. The summed E-state index contributed by atoms with van der Waals surface area (Å²) < 4.78 is 5.69. The summed E-state index contributed by atoms with van der Waals surface area (Å²) in [7, 11) is 1.70. The summed E-state index contributed by atoms with van der Waals surface area (Å²) >= 11 is 0. The van der Waals surface area contributed by atoms with Gasteiger partial charge in [0.25, 0.3) is 0 Å². The first-order valence-corrected chi connectivity index (χ1v) is 6.85. The molecular formula is C16H18N4O2. The second-order valence-corrected chi connectivity index (χ2v) is 4.43. The van der Waals surface area contributed by atoms with Crippen molar-refractivity contribution in [2.24, 2.45) is 0 Å². The second kappa shape index (κ2) is 7.78. The van der Waals surface area contributed by atoms with Crippen LogP contribution in [0.15, 0.2) is 43.0 Å².